The predicted octanol–water partition coefficient (Wildman–Crippen LogP) is 1.07. The van der Waals surface area contributed by atoms with Crippen molar-refractivity contribution < 1.29 is 14.6 Å². The Morgan fingerprint density at radius 2 is 2.00 bits per heavy atom. The molecule has 1 aliphatic heterocycles. The fourth-order valence-corrected chi connectivity index (χ4v) is 1.43. The van der Waals surface area contributed by atoms with E-state index >= 15 is 0 Å². The van der Waals surface area contributed by atoms with E-state index in [-0.39, 0.29) is 18.8 Å². The second kappa shape index (κ2) is 3.56. The van der Waals surface area contributed by atoms with E-state index in [1.807, 2.05) is 13.8 Å². The quantitative estimate of drug-likeness (QED) is 0.647. The zero-order valence-electron chi connectivity index (χ0n) is 7.62. The van der Waals surface area contributed by atoms with Gasteiger partial charge >= 0.3 is 0 Å². The van der Waals surface area contributed by atoms with Gasteiger partial charge < -0.3 is 14.6 Å². The van der Waals surface area contributed by atoms with E-state index < -0.39 is 5.79 Å². The van der Waals surface area contributed by atoms with Gasteiger partial charge in [-0.15, -0.1) is 6.58 Å². The van der Waals surface area contributed by atoms with Crippen molar-refractivity contribution in [2.24, 2.45) is 0 Å². The van der Waals surface area contributed by atoms with Crippen LogP contribution in [0.2, 0.25) is 0 Å². The summed E-state index contributed by atoms with van der Waals surface area (Å²) in [7, 11) is 0. The highest BCUT2D eigenvalue weighted by molar-refractivity contribution is 4.86. The highest BCUT2D eigenvalue weighted by Gasteiger charge is 2.39. The Hall–Kier alpha value is -0.380. The lowest BCUT2D eigenvalue weighted by Crippen LogP contribution is -2.25. The van der Waals surface area contributed by atoms with Crippen molar-refractivity contribution >= 4 is 0 Å². The normalized spacial score (nSPS) is 33.6. The number of rotatable bonds is 3. The van der Waals surface area contributed by atoms with Crippen LogP contribution in [0, 0.1) is 0 Å². The molecule has 0 aliphatic carbocycles. The van der Waals surface area contributed by atoms with Gasteiger partial charge in [0.25, 0.3) is 0 Å². The van der Waals surface area contributed by atoms with E-state index in [0.29, 0.717) is 6.42 Å². The molecule has 0 bridgehead atoms. The van der Waals surface area contributed by atoms with Crippen molar-refractivity contribution in [2.75, 3.05) is 6.61 Å². The molecule has 12 heavy (non-hydrogen) atoms. The van der Waals surface area contributed by atoms with Crippen molar-refractivity contribution in [3.8, 4) is 0 Å². The average Bonchev–Trinajstić information content (AvgIpc) is 2.26. The molecule has 0 aromatic heterocycles. The van der Waals surface area contributed by atoms with Crippen LogP contribution in [-0.2, 0) is 9.47 Å². The third-order valence-corrected chi connectivity index (χ3v) is 1.86. The van der Waals surface area contributed by atoms with Gasteiger partial charge in [0.1, 0.15) is 6.10 Å². The molecule has 3 nitrogen and oxygen atoms in total. The standard InChI is InChI=1S/C9H16O3/c1-4-5-7-8(6-10)12-9(2,3)11-7/h4,7-8,10H,1,5-6H2,2-3H3/t7-,8-/m0/s1. The van der Waals surface area contributed by atoms with Crippen LogP contribution in [0.15, 0.2) is 12.7 Å². The van der Waals surface area contributed by atoms with Gasteiger partial charge in [-0.25, -0.2) is 0 Å². The number of hydrogen-bond acceptors (Lipinski definition) is 3. The summed E-state index contributed by atoms with van der Waals surface area (Å²) in [6, 6.07) is 0. The predicted molar refractivity (Wildman–Crippen MR) is 45.7 cm³/mol. The highest BCUT2D eigenvalue weighted by Crippen LogP contribution is 2.29. The smallest absolute Gasteiger partial charge is 0.163 e. The van der Waals surface area contributed by atoms with Crippen LogP contribution in [0.4, 0.5) is 0 Å². The summed E-state index contributed by atoms with van der Waals surface area (Å²) >= 11 is 0. The molecule has 1 aliphatic rings. The molecule has 0 saturated carbocycles. The Morgan fingerprint density at radius 1 is 1.42 bits per heavy atom. The monoisotopic (exact) mass is 172 g/mol. The summed E-state index contributed by atoms with van der Waals surface area (Å²) < 4.78 is 11.0. The fourth-order valence-electron chi connectivity index (χ4n) is 1.43. The summed E-state index contributed by atoms with van der Waals surface area (Å²) in [5, 5.41) is 8.96. The Labute approximate surface area is 73.0 Å². The van der Waals surface area contributed by atoms with E-state index in [9.17, 15) is 0 Å². The van der Waals surface area contributed by atoms with E-state index in [4.69, 9.17) is 14.6 Å². The molecular formula is C9H16O3. The minimum absolute atomic E-state index is 0.00192. The molecule has 2 atom stereocenters. The van der Waals surface area contributed by atoms with Crippen LogP contribution >= 0.6 is 0 Å². The Morgan fingerprint density at radius 3 is 2.50 bits per heavy atom. The van der Waals surface area contributed by atoms with Gasteiger partial charge in [0.2, 0.25) is 0 Å². The first-order valence-electron chi connectivity index (χ1n) is 4.16. The zero-order valence-corrected chi connectivity index (χ0v) is 7.62. The van der Waals surface area contributed by atoms with Gasteiger partial charge in [-0.2, -0.15) is 0 Å². The number of hydrogen-bond donors (Lipinski definition) is 1. The van der Waals surface area contributed by atoms with Crippen LogP contribution in [0.1, 0.15) is 20.3 Å². The number of aliphatic hydroxyl groups excluding tert-OH is 1. The minimum atomic E-state index is -0.568. The van der Waals surface area contributed by atoms with Crippen molar-refractivity contribution in [2.45, 2.75) is 38.3 Å². The van der Waals surface area contributed by atoms with Crippen LogP contribution in [0.5, 0.6) is 0 Å². The lowest BCUT2D eigenvalue weighted by Gasteiger charge is -2.16. The van der Waals surface area contributed by atoms with Crippen LogP contribution < -0.4 is 0 Å². The van der Waals surface area contributed by atoms with Crippen molar-refractivity contribution in [3.63, 3.8) is 0 Å². The number of ether oxygens (including phenoxy) is 2. The molecule has 0 radical (unpaired) electrons. The molecule has 0 unspecified atom stereocenters. The van der Waals surface area contributed by atoms with Crippen LogP contribution in [0.3, 0.4) is 0 Å². The molecule has 0 aromatic carbocycles. The van der Waals surface area contributed by atoms with E-state index in [1.165, 1.54) is 0 Å². The van der Waals surface area contributed by atoms with Gasteiger partial charge in [-0.3, -0.25) is 0 Å². The van der Waals surface area contributed by atoms with Gasteiger partial charge in [0, 0.05) is 0 Å². The largest absolute Gasteiger partial charge is 0.394 e. The van der Waals surface area contributed by atoms with E-state index in [2.05, 4.69) is 6.58 Å². The van der Waals surface area contributed by atoms with Gasteiger partial charge in [-0.05, 0) is 20.3 Å². The summed E-state index contributed by atoms with van der Waals surface area (Å²) in [4.78, 5) is 0. The maximum atomic E-state index is 8.96. The summed E-state index contributed by atoms with van der Waals surface area (Å²) in [5.41, 5.74) is 0. The van der Waals surface area contributed by atoms with Gasteiger partial charge in [0.15, 0.2) is 5.79 Å². The van der Waals surface area contributed by atoms with Crippen molar-refractivity contribution in [3.05, 3.63) is 12.7 Å². The highest BCUT2D eigenvalue weighted by atomic mass is 16.8. The zero-order chi connectivity index (χ0) is 9.19. The second-order valence-corrected chi connectivity index (χ2v) is 3.42. The molecule has 1 heterocycles. The second-order valence-electron chi connectivity index (χ2n) is 3.42. The minimum Gasteiger partial charge on any atom is -0.394 e. The fraction of sp³-hybridized carbons (Fsp3) is 0.778. The molecule has 1 N–H and O–H groups in total. The Kier molecular flexibility index (Phi) is 2.88. The lowest BCUT2D eigenvalue weighted by atomic mass is 10.1. The van der Waals surface area contributed by atoms with Gasteiger partial charge in [0.05, 0.1) is 12.7 Å². The molecule has 1 saturated heterocycles. The molecule has 1 fully saturated rings. The Bertz CT molecular complexity index is 165. The molecule has 0 aromatic rings. The van der Waals surface area contributed by atoms with E-state index in [0.717, 1.165) is 0 Å². The summed E-state index contributed by atoms with van der Waals surface area (Å²) in [6.45, 7) is 7.32. The van der Waals surface area contributed by atoms with Crippen molar-refractivity contribution in [1.29, 1.82) is 0 Å². The lowest BCUT2D eigenvalue weighted by molar-refractivity contribution is -0.148. The maximum Gasteiger partial charge on any atom is 0.163 e. The molecular weight excluding hydrogens is 156 g/mol. The maximum absolute atomic E-state index is 8.96. The third-order valence-electron chi connectivity index (χ3n) is 1.86. The van der Waals surface area contributed by atoms with E-state index in [1.54, 1.807) is 6.08 Å². The molecule has 1 rings (SSSR count). The van der Waals surface area contributed by atoms with Crippen molar-refractivity contribution in [1.82, 2.24) is 0 Å². The number of aliphatic hydroxyl groups is 1. The molecule has 70 valence electrons. The molecule has 0 amide bonds. The van der Waals surface area contributed by atoms with Crippen LogP contribution in [0.25, 0.3) is 0 Å². The first-order valence-corrected chi connectivity index (χ1v) is 4.16. The van der Waals surface area contributed by atoms with Crippen LogP contribution in [-0.4, -0.2) is 29.7 Å². The Balaban J connectivity index is 2.56. The first kappa shape index (κ1) is 9.71. The SMILES string of the molecule is C=CC[C@@H]1OC(C)(C)O[C@H]1CO. The molecule has 0 spiro atoms. The topological polar surface area (TPSA) is 38.7 Å². The first-order chi connectivity index (χ1) is 5.59. The average molecular weight is 172 g/mol. The third kappa shape index (κ3) is 2.06. The summed E-state index contributed by atoms with van der Waals surface area (Å²) in [6.07, 6.45) is 2.23. The summed E-state index contributed by atoms with van der Waals surface area (Å²) in [5.74, 6) is -0.568. The molecule has 3 heteroatoms. The van der Waals surface area contributed by atoms with Gasteiger partial charge in [-0.1, -0.05) is 6.08 Å².